The molecule has 1 saturated heterocycles. The Labute approximate surface area is 110 Å². The van der Waals surface area contributed by atoms with E-state index in [1.54, 1.807) is 14.2 Å². The van der Waals surface area contributed by atoms with Gasteiger partial charge in [0.2, 0.25) is 0 Å². The molecular weight excluding hydrogens is 226 g/mol. The Kier molecular flexibility index (Phi) is 4.75. The van der Waals surface area contributed by atoms with Crippen LogP contribution in [0.1, 0.15) is 24.9 Å². The highest BCUT2D eigenvalue weighted by atomic mass is 16.5. The van der Waals surface area contributed by atoms with E-state index in [2.05, 4.69) is 42.2 Å². The maximum atomic E-state index is 5.31. The molecule has 0 saturated carbocycles. The van der Waals surface area contributed by atoms with E-state index < -0.39 is 0 Å². The third-order valence-corrected chi connectivity index (χ3v) is 3.83. The molecule has 1 aliphatic rings. The fourth-order valence-corrected chi connectivity index (χ4v) is 2.95. The largest absolute Gasteiger partial charge is 0.383 e. The van der Waals surface area contributed by atoms with Crippen molar-refractivity contribution >= 4 is 0 Å². The van der Waals surface area contributed by atoms with Crippen LogP contribution in [-0.2, 0) is 9.47 Å². The first kappa shape index (κ1) is 13.5. The standard InChI is InChI=1S/C15H23NO2/c1-12(13-7-5-4-6-8-13)16-14(10-17-2)9-15(16)11-18-3/h4-8,12,14-15H,9-11H2,1-3H3/t12-,14+,15+/m0/s1. The smallest absolute Gasteiger partial charge is 0.0619 e. The van der Waals surface area contributed by atoms with Gasteiger partial charge in [0.25, 0.3) is 0 Å². The van der Waals surface area contributed by atoms with Crippen LogP contribution in [0.15, 0.2) is 30.3 Å². The Morgan fingerprint density at radius 1 is 1.11 bits per heavy atom. The normalized spacial score (nSPS) is 25.7. The van der Waals surface area contributed by atoms with Crippen LogP contribution in [0.5, 0.6) is 0 Å². The van der Waals surface area contributed by atoms with E-state index in [1.165, 1.54) is 12.0 Å². The quantitative estimate of drug-likeness (QED) is 0.773. The van der Waals surface area contributed by atoms with Crippen LogP contribution in [-0.4, -0.2) is 44.4 Å². The number of ether oxygens (including phenoxy) is 2. The lowest BCUT2D eigenvalue weighted by Gasteiger charge is -2.51. The molecule has 100 valence electrons. The van der Waals surface area contributed by atoms with E-state index in [0.29, 0.717) is 18.1 Å². The van der Waals surface area contributed by atoms with Gasteiger partial charge in [0.05, 0.1) is 13.2 Å². The third-order valence-electron chi connectivity index (χ3n) is 3.83. The molecule has 0 spiro atoms. The molecule has 1 fully saturated rings. The van der Waals surface area contributed by atoms with Crippen LogP contribution in [0.2, 0.25) is 0 Å². The second-order valence-electron chi connectivity index (χ2n) is 4.99. The molecule has 0 radical (unpaired) electrons. The van der Waals surface area contributed by atoms with Crippen molar-refractivity contribution in [1.29, 1.82) is 0 Å². The number of benzene rings is 1. The molecule has 2 rings (SSSR count). The molecule has 3 nitrogen and oxygen atoms in total. The van der Waals surface area contributed by atoms with Gasteiger partial charge in [0, 0.05) is 32.3 Å². The summed E-state index contributed by atoms with van der Waals surface area (Å²) in [6, 6.07) is 12.1. The average Bonchev–Trinajstić information content (AvgIpc) is 2.38. The molecule has 0 N–H and O–H groups in total. The highest BCUT2D eigenvalue weighted by Gasteiger charge is 2.41. The van der Waals surface area contributed by atoms with Gasteiger partial charge >= 0.3 is 0 Å². The maximum Gasteiger partial charge on any atom is 0.0619 e. The van der Waals surface area contributed by atoms with Gasteiger partial charge in [0.15, 0.2) is 0 Å². The topological polar surface area (TPSA) is 21.7 Å². The molecule has 0 unspecified atom stereocenters. The van der Waals surface area contributed by atoms with Gasteiger partial charge in [-0.25, -0.2) is 0 Å². The zero-order valence-electron chi connectivity index (χ0n) is 11.5. The highest BCUT2D eigenvalue weighted by molar-refractivity contribution is 5.20. The van der Waals surface area contributed by atoms with Crippen molar-refractivity contribution in [1.82, 2.24) is 4.90 Å². The first-order valence-corrected chi connectivity index (χ1v) is 6.58. The summed E-state index contributed by atoms with van der Waals surface area (Å²) in [5.41, 5.74) is 1.36. The van der Waals surface area contributed by atoms with Crippen molar-refractivity contribution in [3.63, 3.8) is 0 Å². The zero-order chi connectivity index (χ0) is 13.0. The minimum Gasteiger partial charge on any atom is -0.383 e. The van der Waals surface area contributed by atoms with E-state index in [-0.39, 0.29) is 0 Å². The molecule has 1 aliphatic heterocycles. The predicted octanol–water partition coefficient (Wildman–Crippen LogP) is 2.48. The minimum absolute atomic E-state index is 0.417. The molecule has 1 heterocycles. The van der Waals surface area contributed by atoms with Crippen molar-refractivity contribution < 1.29 is 9.47 Å². The highest BCUT2D eigenvalue weighted by Crippen LogP contribution is 2.35. The maximum absolute atomic E-state index is 5.31. The number of nitrogens with zero attached hydrogens (tertiary/aromatic N) is 1. The third kappa shape index (κ3) is 2.74. The van der Waals surface area contributed by atoms with Crippen LogP contribution in [0.25, 0.3) is 0 Å². The Hall–Kier alpha value is -0.900. The SMILES string of the molecule is COC[C@H]1C[C@H](COC)N1[C@@H](C)c1ccccc1. The Morgan fingerprint density at radius 2 is 1.67 bits per heavy atom. The number of hydrogen-bond acceptors (Lipinski definition) is 3. The van der Waals surface area contributed by atoms with Crippen LogP contribution in [0.4, 0.5) is 0 Å². The summed E-state index contributed by atoms with van der Waals surface area (Å²) >= 11 is 0. The Balaban J connectivity index is 2.06. The molecule has 0 aromatic heterocycles. The summed E-state index contributed by atoms with van der Waals surface area (Å²) < 4.78 is 10.6. The van der Waals surface area contributed by atoms with Crippen LogP contribution >= 0.6 is 0 Å². The van der Waals surface area contributed by atoms with Crippen molar-refractivity contribution in [3.05, 3.63) is 35.9 Å². The van der Waals surface area contributed by atoms with Gasteiger partial charge in [-0.3, -0.25) is 4.90 Å². The molecule has 0 aliphatic carbocycles. The van der Waals surface area contributed by atoms with Crippen molar-refractivity contribution in [2.75, 3.05) is 27.4 Å². The summed E-state index contributed by atoms with van der Waals surface area (Å²) in [5.74, 6) is 0. The lowest BCUT2D eigenvalue weighted by molar-refractivity contribution is -0.0807. The predicted molar refractivity (Wildman–Crippen MR) is 72.6 cm³/mol. The summed E-state index contributed by atoms with van der Waals surface area (Å²) in [4.78, 5) is 2.52. The second kappa shape index (κ2) is 6.32. The van der Waals surface area contributed by atoms with Crippen molar-refractivity contribution in [3.8, 4) is 0 Å². The monoisotopic (exact) mass is 249 g/mol. The zero-order valence-corrected chi connectivity index (χ0v) is 11.5. The molecule has 3 heteroatoms. The Bertz CT molecular complexity index is 343. The first-order chi connectivity index (χ1) is 8.77. The summed E-state index contributed by atoms with van der Waals surface area (Å²) in [7, 11) is 3.55. The molecule has 3 atom stereocenters. The van der Waals surface area contributed by atoms with E-state index >= 15 is 0 Å². The van der Waals surface area contributed by atoms with E-state index in [9.17, 15) is 0 Å². The van der Waals surface area contributed by atoms with Crippen LogP contribution < -0.4 is 0 Å². The van der Waals surface area contributed by atoms with Gasteiger partial charge in [-0.1, -0.05) is 30.3 Å². The summed E-state index contributed by atoms with van der Waals surface area (Å²) in [6.45, 7) is 3.87. The first-order valence-electron chi connectivity index (χ1n) is 6.58. The molecule has 0 amide bonds. The summed E-state index contributed by atoms with van der Waals surface area (Å²) in [6.07, 6.45) is 1.17. The van der Waals surface area contributed by atoms with Crippen molar-refractivity contribution in [2.24, 2.45) is 0 Å². The van der Waals surface area contributed by atoms with Gasteiger partial charge in [-0.2, -0.15) is 0 Å². The lowest BCUT2D eigenvalue weighted by atomic mass is 9.89. The average molecular weight is 249 g/mol. The number of rotatable bonds is 6. The Morgan fingerprint density at radius 3 is 2.17 bits per heavy atom. The van der Waals surface area contributed by atoms with E-state index in [1.807, 2.05) is 0 Å². The summed E-state index contributed by atoms with van der Waals surface area (Å²) in [5, 5.41) is 0. The molecule has 18 heavy (non-hydrogen) atoms. The molecule has 1 aromatic carbocycles. The number of likely N-dealkylation sites (tertiary alicyclic amines) is 1. The lowest BCUT2D eigenvalue weighted by Crippen LogP contribution is -2.60. The van der Waals surface area contributed by atoms with Crippen LogP contribution in [0.3, 0.4) is 0 Å². The van der Waals surface area contributed by atoms with Crippen molar-refractivity contribution in [2.45, 2.75) is 31.5 Å². The van der Waals surface area contributed by atoms with Gasteiger partial charge < -0.3 is 9.47 Å². The number of hydrogen-bond donors (Lipinski definition) is 0. The van der Waals surface area contributed by atoms with Crippen LogP contribution in [0, 0.1) is 0 Å². The fourth-order valence-electron chi connectivity index (χ4n) is 2.95. The molecular formula is C15H23NO2. The van der Waals surface area contributed by atoms with Gasteiger partial charge in [0.1, 0.15) is 0 Å². The second-order valence-corrected chi connectivity index (χ2v) is 4.99. The van der Waals surface area contributed by atoms with Gasteiger partial charge in [-0.15, -0.1) is 0 Å². The molecule has 1 aromatic rings. The number of methoxy groups -OCH3 is 2. The van der Waals surface area contributed by atoms with E-state index in [4.69, 9.17) is 9.47 Å². The minimum atomic E-state index is 0.417. The van der Waals surface area contributed by atoms with E-state index in [0.717, 1.165) is 13.2 Å². The molecule has 0 bridgehead atoms. The van der Waals surface area contributed by atoms with Gasteiger partial charge in [-0.05, 0) is 18.9 Å². The fraction of sp³-hybridized carbons (Fsp3) is 0.600.